The lowest BCUT2D eigenvalue weighted by Crippen LogP contribution is -2.51. The third-order valence-corrected chi connectivity index (χ3v) is 9.00. The zero-order valence-electron chi connectivity index (χ0n) is 22.0. The van der Waals surface area contributed by atoms with E-state index < -0.39 is 5.60 Å². The maximum atomic E-state index is 13.4. The first-order chi connectivity index (χ1) is 18.8. The van der Waals surface area contributed by atoms with Crippen LogP contribution in [0.25, 0.3) is 10.8 Å². The van der Waals surface area contributed by atoms with Crippen LogP contribution < -0.4 is 4.74 Å². The van der Waals surface area contributed by atoms with Gasteiger partial charge in [-0.05, 0) is 60.7 Å². The number of aromatic nitrogens is 1. The number of amides is 2. The number of likely N-dealkylation sites (tertiary alicyclic amines) is 1. The highest BCUT2D eigenvalue weighted by molar-refractivity contribution is 7.09. The van der Waals surface area contributed by atoms with Gasteiger partial charge in [0.25, 0.3) is 11.8 Å². The average Bonchev–Trinajstić information content (AvgIpc) is 3.44. The third-order valence-electron chi connectivity index (χ3n) is 7.68. The lowest BCUT2D eigenvalue weighted by molar-refractivity contribution is -0.146. The molecule has 3 heterocycles. The van der Waals surface area contributed by atoms with Crippen molar-refractivity contribution in [2.24, 2.45) is 0 Å². The number of nitrogens with zero attached hydrogens (tertiary/aromatic N) is 3. The van der Waals surface area contributed by atoms with Crippen molar-refractivity contribution in [1.29, 1.82) is 0 Å². The van der Waals surface area contributed by atoms with Crippen LogP contribution in [-0.2, 0) is 17.9 Å². The summed E-state index contributed by atoms with van der Waals surface area (Å²) in [6.45, 7) is 5.98. The minimum atomic E-state index is -1.03. The second-order valence-electron chi connectivity index (χ2n) is 10.8. The molecule has 0 unspecified atom stereocenters. The first kappa shape index (κ1) is 25.8. The number of thiazole rings is 1. The Labute approximate surface area is 237 Å². The van der Waals surface area contributed by atoms with E-state index in [4.69, 9.17) is 21.3 Å². The molecule has 1 saturated heterocycles. The summed E-state index contributed by atoms with van der Waals surface area (Å²) >= 11 is 7.78. The van der Waals surface area contributed by atoms with E-state index in [0.717, 1.165) is 17.8 Å². The Bertz CT molecular complexity index is 1520. The number of rotatable bonds is 5. The van der Waals surface area contributed by atoms with Crippen LogP contribution in [0, 0.1) is 0 Å². The van der Waals surface area contributed by atoms with E-state index >= 15 is 0 Å². The molecule has 3 aromatic carbocycles. The predicted octanol–water partition coefficient (Wildman–Crippen LogP) is 6.67. The van der Waals surface area contributed by atoms with Crippen LogP contribution in [0.2, 0.25) is 5.02 Å². The Morgan fingerprint density at radius 1 is 0.949 bits per heavy atom. The Kier molecular flexibility index (Phi) is 6.81. The molecule has 2 aliphatic rings. The summed E-state index contributed by atoms with van der Waals surface area (Å²) in [6.07, 6.45) is 1.60. The fraction of sp³-hybridized carbons (Fsp3) is 0.323. The van der Waals surface area contributed by atoms with E-state index in [2.05, 4.69) is 36.4 Å². The van der Waals surface area contributed by atoms with Crippen molar-refractivity contribution in [3.05, 3.63) is 92.9 Å². The lowest BCUT2D eigenvalue weighted by Gasteiger charge is -2.36. The van der Waals surface area contributed by atoms with Gasteiger partial charge in [-0.15, -0.1) is 11.3 Å². The molecule has 0 saturated carbocycles. The van der Waals surface area contributed by atoms with Gasteiger partial charge in [-0.2, -0.15) is 0 Å². The number of benzene rings is 3. The van der Waals surface area contributed by atoms with Crippen LogP contribution in [0.1, 0.15) is 59.2 Å². The van der Waals surface area contributed by atoms with Crippen molar-refractivity contribution in [2.45, 2.75) is 51.3 Å². The highest BCUT2D eigenvalue weighted by Crippen LogP contribution is 2.34. The molecular formula is C31H30ClN3O3S. The van der Waals surface area contributed by atoms with Crippen molar-refractivity contribution in [2.75, 3.05) is 13.1 Å². The summed E-state index contributed by atoms with van der Waals surface area (Å²) in [5, 5.41) is 5.83. The second kappa shape index (κ2) is 10.3. The molecule has 1 aromatic heterocycles. The highest BCUT2D eigenvalue weighted by Gasteiger charge is 2.37. The normalized spacial score (nSPS) is 16.0. The molecule has 200 valence electrons. The summed E-state index contributed by atoms with van der Waals surface area (Å²) in [6, 6.07) is 19.8. The Hall–Kier alpha value is -3.42. The van der Waals surface area contributed by atoms with Crippen LogP contribution in [-0.4, -0.2) is 45.3 Å². The summed E-state index contributed by atoms with van der Waals surface area (Å²) in [5.74, 6) is 0.636. The number of carbonyl (C=O) groups excluding carboxylic acids is 2. The number of hydrogen-bond donors (Lipinski definition) is 0. The molecule has 2 amide bonds. The van der Waals surface area contributed by atoms with Gasteiger partial charge < -0.3 is 14.5 Å². The van der Waals surface area contributed by atoms with E-state index in [1.807, 2.05) is 27.3 Å². The topological polar surface area (TPSA) is 62.7 Å². The Morgan fingerprint density at radius 2 is 1.62 bits per heavy atom. The van der Waals surface area contributed by atoms with E-state index in [9.17, 15) is 9.59 Å². The maximum Gasteiger partial charge on any atom is 0.273 e. The number of para-hydroxylation sites is 1. The van der Waals surface area contributed by atoms with E-state index in [1.165, 1.54) is 21.9 Å². The van der Waals surface area contributed by atoms with Crippen molar-refractivity contribution in [1.82, 2.24) is 14.8 Å². The molecule has 0 bridgehead atoms. The van der Waals surface area contributed by atoms with Crippen molar-refractivity contribution in [3.8, 4) is 5.75 Å². The van der Waals surface area contributed by atoms with Gasteiger partial charge in [-0.1, -0.05) is 60.1 Å². The van der Waals surface area contributed by atoms with Crippen LogP contribution >= 0.6 is 22.9 Å². The first-order valence-corrected chi connectivity index (χ1v) is 14.5. The fourth-order valence-corrected chi connectivity index (χ4v) is 6.81. The monoisotopic (exact) mass is 559 g/mol. The molecule has 4 aromatic rings. The predicted molar refractivity (Wildman–Crippen MR) is 154 cm³/mol. The zero-order chi connectivity index (χ0) is 27.1. The minimum absolute atomic E-state index is 0.0323. The Morgan fingerprint density at radius 3 is 2.28 bits per heavy atom. The van der Waals surface area contributed by atoms with Gasteiger partial charge in [-0.25, -0.2) is 4.98 Å². The van der Waals surface area contributed by atoms with Gasteiger partial charge in [0.1, 0.15) is 11.4 Å². The summed E-state index contributed by atoms with van der Waals surface area (Å²) in [7, 11) is 0. The number of carbonyl (C=O) groups is 2. The van der Waals surface area contributed by atoms with Crippen LogP contribution in [0.5, 0.6) is 5.75 Å². The van der Waals surface area contributed by atoms with Crippen molar-refractivity contribution < 1.29 is 14.3 Å². The van der Waals surface area contributed by atoms with Crippen LogP contribution in [0.3, 0.4) is 0 Å². The molecule has 0 aliphatic carbocycles. The van der Waals surface area contributed by atoms with Gasteiger partial charge in [0, 0.05) is 37.5 Å². The SMILES string of the molecule is CC(C)(Oc1ccccc1Cl)C(=O)N1CCC(c2nc(C(=O)N3Cc4cccc5cccc(c45)C3)cs2)CC1. The second-order valence-corrected chi connectivity index (χ2v) is 12.1. The molecular weight excluding hydrogens is 530 g/mol. The van der Waals surface area contributed by atoms with Crippen molar-refractivity contribution >= 4 is 45.5 Å². The van der Waals surface area contributed by atoms with E-state index in [0.29, 0.717) is 42.6 Å². The van der Waals surface area contributed by atoms with Gasteiger partial charge >= 0.3 is 0 Å². The lowest BCUT2D eigenvalue weighted by atomic mass is 9.95. The molecule has 39 heavy (non-hydrogen) atoms. The van der Waals surface area contributed by atoms with Crippen LogP contribution in [0.4, 0.5) is 0 Å². The molecule has 8 heteroatoms. The van der Waals surface area contributed by atoms with Crippen LogP contribution in [0.15, 0.2) is 66.0 Å². The number of ether oxygens (including phenoxy) is 1. The Balaban J connectivity index is 1.09. The maximum absolute atomic E-state index is 13.4. The molecule has 0 radical (unpaired) electrons. The standard InChI is InChI=1S/C31H30ClN3O3S/c1-31(2,38-26-12-4-3-11-24(26)32)30(37)34-15-13-21(14-16-34)28-33-25(19-39-28)29(36)35-17-22-9-5-7-20-8-6-10-23(18-35)27(20)22/h3-12,19,21H,13-18H2,1-2H3. The average molecular weight is 560 g/mol. The summed E-state index contributed by atoms with van der Waals surface area (Å²) in [5.41, 5.74) is 1.83. The quantitative estimate of drug-likeness (QED) is 0.274. The number of hydrogen-bond acceptors (Lipinski definition) is 5. The molecule has 2 aliphatic heterocycles. The van der Waals surface area contributed by atoms with Gasteiger partial charge in [0.15, 0.2) is 5.60 Å². The van der Waals surface area contributed by atoms with Gasteiger partial charge in [-0.3, -0.25) is 9.59 Å². The zero-order valence-corrected chi connectivity index (χ0v) is 23.6. The molecule has 0 N–H and O–H groups in total. The smallest absolute Gasteiger partial charge is 0.273 e. The van der Waals surface area contributed by atoms with E-state index in [1.54, 1.807) is 37.3 Å². The summed E-state index contributed by atoms with van der Waals surface area (Å²) in [4.78, 5) is 35.3. The molecule has 6 rings (SSSR count). The molecule has 0 atom stereocenters. The molecule has 1 fully saturated rings. The van der Waals surface area contributed by atoms with Gasteiger partial charge in [0.05, 0.1) is 10.0 Å². The first-order valence-electron chi connectivity index (χ1n) is 13.3. The fourth-order valence-electron chi connectivity index (χ4n) is 5.67. The van der Waals surface area contributed by atoms with Gasteiger partial charge in [0.2, 0.25) is 0 Å². The molecule has 6 nitrogen and oxygen atoms in total. The summed E-state index contributed by atoms with van der Waals surface area (Å²) < 4.78 is 6.01. The van der Waals surface area contributed by atoms with E-state index in [-0.39, 0.29) is 17.7 Å². The molecule has 0 spiro atoms. The number of halogens is 1. The number of piperidine rings is 1. The van der Waals surface area contributed by atoms with Crippen molar-refractivity contribution in [3.63, 3.8) is 0 Å². The highest BCUT2D eigenvalue weighted by atomic mass is 35.5. The largest absolute Gasteiger partial charge is 0.476 e. The minimum Gasteiger partial charge on any atom is -0.476 e. The third kappa shape index (κ3) is 5.01.